The van der Waals surface area contributed by atoms with E-state index in [0.29, 0.717) is 38.5 Å². The highest BCUT2D eigenvalue weighted by atomic mass is 35.5. The molecule has 1 saturated carbocycles. The minimum atomic E-state index is -0.536. The third-order valence-electron chi connectivity index (χ3n) is 5.98. The number of carbonyl (C=O) groups is 1. The van der Waals surface area contributed by atoms with E-state index in [-0.39, 0.29) is 30.4 Å². The number of nitrogens with one attached hydrogen (secondary N) is 2. The van der Waals surface area contributed by atoms with Gasteiger partial charge in [-0.15, -0.1) is 11.3 Å². The number of nitrogens with zero attached hydrogens (tertiary/aromatic N) is 2. The maximum Gasteiger partial charge on any atom is 0.208 e. The summed E-state index contributed by atoms with van der Waals surface area (Å²) in [5.74, 6) is 5.27. The Bertz CT molecular complexity index is 1160. The summed E-state index contributed by atoms with van der Waals surface area (Å²) in [5.41, 5.74) is 2.06. The smallest absolute Gasteiger partial charge is 0.208 e. The molecule has 34 heavy (non-hydrogen) atoms. The van der Waals surface area contributed by atoms with Crippen molar-refractivity contribution in [3.8, 4) is 0 Å². The predicted octanol–water partition coefficient (Wildman–Crippen LogP) is 3.83. The van der Waals surface area contributed by atoms with Gasteiger partial charge >= 0.3 is 0 Å². The lowest BCUT2D eigenvalue weighted by Crippen LogP contribution is -2.20. The first-order valence-electron chi connectivity index (χ1n) is 10.7. The Morgan fingerprint density at radius 2 is 2.18 bits per heavy atom. The second kappa shape index (κ2) is 11.1. The summed E-state index contributed by atoms with van der Waals surface area (Å²) in [6.07, 6.45) is 3.49. The Hall–Kier alpha value is -2.11. The van der Waals surface area contributed by atoms with E-state index in [2.05, 4.69) is 20.6 Å². The van der Waals surface area contributed by atoms with Gasteiger partial charge in [-0.2, -0.15) is 0 Å². The topological polar surface area (TPSA) is 122 Å². The van der Waals surface area contributed by atoms with Gasteiger partial charge in [0.25, 0.3) is 0 Å². The van der Waals surface area contributed by atoms with Crippen LogP contribution in [0.4, 0.5) is 5.82 Å². The van der Waals surface area contributed by atoms with Gasteiger partial charge in [0.15, 0.2) is 0 Å². The van der Waals surface area contributed by atoms with Gasteiger partial charge in [0, 0.05) is 28.7 Å². The van der Waals surface area contributed by atoms with Crippen molar-refractivity contribution in [1.82, 2.24) is 15.3 Å². The number of halogens is 2. The van der Waals surface area contributed by atoms with Crippen LogP contribution in [0.3, 0.4) is 0 Å². The molecule has 0 aliphatic heterocycles. The quantitative estimate of drug-likeness (QED) is 0.247. The van der Waals surface area contributed by atoms with Gasteiger partial charge in [-0.05, 0) is 43.7 Å². The Kier molecular flexibility index (Phi) is 8.15. The summed E-state index contributed by atoms with van der Waals surface area (Å²) in [4.78, 5) is 27.0. The highest BCUT2D eigenvalue weighted by molar-refractivity contribution is 7.18. The molecule has 0 amide bonds. The van der Waals surface area contributed by atoms with Crippen LogP contribution in [0.25, 0.3) is 0 Å². The molecule has 0 spiro atoms. The van der Waals surface area contributed by atoms with E-state index in [0.717, 1.165) is 11.1 Å². The first-order chi connectivity index (χ1) is 16.4. The summed E-state index contributed by atoms with van der Waals surface area (Å²) >= 11 is 14.0. The molecular formula is C23H25Cl2N5O3S. The first-order valence-corrected chi connectivity index (χ1v) is 12.3. The molecule has 0 radical (unpaired) electrons. The second-order valence-corrected chi connectivity index (χ2v) is 10.3. The Balaban J connectivity index is 1.58. The average Bonchev–Trinajstić information content (AvgIpc) is 3.37. The molecule has 2 heterocycles. The molecule has 1 fully saturated rings. The number of hydrogen-bond donors (Lipinski definition) is 4. The fraction of sp³-hybridized carbons (Fsp3) is 0.348. The molecule has 1 aliphatic carbocycles. The fourth-order valence-corrected chi connectivity index (χ4v) is 5.83. The monoisotopic (exact) mass is 521 g/mol. The number of ketones is 1. The molecule has 1 aromatic carbocycles. The molecule has 4 rings (SSSR count). The number of aliphatic hydroxyl groups is 1. The molecule has 2 aromatic heterocycles. The van der Waals surface area contributed by atoms with Gasteiger partial charge in [0.05, 0.1) is 33.5 Å². The summed E-state index contributed by atoms with van der Waals surface area (Å²) < 4.78 is 0.512. The fourth-order valence-electron chi connectivity index (χ4n) is 4.34. The van der Waals surface area contributed by atoms with E-state index in [1.54, 1.807) is 12.1 Å². The Morgan fingerprint density at radius 1 is 1.35 bits per heavy atom. The van der Waals surface area contributed by atoms with Gasteiger partial charge in [0.1, 0.15) is 12.1 Å². The van der Waals surface area contributed by atoms with Gasteiger partial charge < -0.3 is 20.6 Å². The normalized spacial score (nSPS) is 20.9. The molecule has 0 saturated heterocycles. The lowest BCUT2D eigenvalue weighted by Gasteiger charge is -2.16. The summed E-state index contributed by atoms with van der Waals surface area (Å²) in [6.45, 7) is 0.268. The van der Waals surface area contributed by atoms with Gasteiger partial charge in [-0.3, -0.25) is 4.79 Å². The molecule has 0 bridgehead atoms. The minimum Gasteiger partial charge on any atom is -0.393 e. The average molecular weight is 522 g/mol. The van der Waals surface area contributed by atoms with Crippen LogP contribution in [-0.2, 0) is 4.84 Å². The van der Waals surface area contributed by atoms with E-state index >= 15 is 0 Å². The van der Waals surface area contributed by atoms with Crippen molar-refractivity contribution in [2.45, 2.75) is 31.0 Å². The van der Waals surface area contributed by atoms with Crippen LogP contribution in [0.2, 0.25) is 9.36 Å². The van der Waals surface area contributed by atoms with Crippen molar-refractivity contribution in [3.05, 3.63) is 73.8 Å². The van der Waals surface area contributed by atoms with E-state index in [1.165, 1.54) is 23.9 Å². The van der Waals surface area contributed by atoms with E-state index < -0.39 is 6.10 Å². The zero-order chi connectivity index (χ0) is 24.2. The molecule has 4 atom stereocenters. The number of aliphatic hydroxyl groups excluding tert-OH is 1. The number of nitrogens with two attached hydrogens (primary N) is 1. The van der Waals surface area contributed by atoms with Crippen LogP contribution < -0.4 is 16.5 Å². The molecule has 8 nitrogen and oxygen atoms in total. The molecule has 1 unspecified atom stereocenters. The van der Waals surface area contributed by atoms with Gasteiger partial charge in [-0.1, -0.05) is 35.3 Å². The third-order valence-corrected chi connectivity index (χ3v) is 7.61. The van der Waals surface area contributed by atoms with Crippen molar-refractivity contribution in [2.75, 3.05) is 19.0 Å². The van der Waals surface area contributed by atoms with Crippen molar-refractivity contribution in [2.24, 2.45) is 11.8 Å². The Labute approximate surface area is 211 Å². The number of aromatic nitrogens is 2. The second-order valence-electron chi connectivity index (χ2n) is 8.20. The van der Waals surface area contributed by atoms with Gasteiger partial charge in [-0.25, -0.2) is 15.9 Å². The van der Waals surface area contributed by atoms with Crippen molar-refractivity contribution < 1.29 is 14.7 Å². The van der Waals surface area contributed by atoms with Crippen molar-refractivity contribution in [1.29, 1.82) is 0 Å². The highest BCUT2D eigenvalue weighted by Gasteiger charge is 2.34. The van der Waals surface area contributed by atoms with Crippen LogP contribution in [0.5, 0.6) is 0 Å². The third kappa shape index (κ3) is 5.41. The largest absolute Gasteiger partial charge is 0.393 e. The Morgan fingerprint density at radius 3 is 2.91 bits per heavy atom. The van der Waals surface area contributed by atoms with Crippen LogP contribution >= 0.6 is 34.5 Å². The summed E-state index contributed by atoms with van der Waals surface area (Å²) in [5, 5.41) is 17.4. The van der Waals surface area contributed by atoms with Crippen molar-refractivity contribution in [3.63, 3.8) is 0 Å². The van der Waals surface area contributed by atoms with Crippen LogP contribution in [-0.4, -0.2) is 46.7 Å². The van der Waals surface area contributed by atoms with Crippen LogP contribution in [0, 0.1) is 5.92 Å². The number of carbonyl (C=O) groups excluding carboxylic acids is 1. The zero-order valence-electron chi connectivity index (χ0n) is 18.4. The van der Waals surface area contributed by atoms with E-state index in [1.807, 2.05) is 25.2 Å². The van der Waals surface area contributed by atoms with Crippen LogP contribution in [0.1, 0.15) is 45.2 Å². The van der Waals surface area contributed by atoms with E-state index in [4.69, 9.17) is 33.9 Å². The predicted molar refractivity (Wildman–Crippen MR) is 133 cm³/mol. The number of anilines is 1. The highest BCUT2D eigenvalue weighted by Crippen LogP contribution is 2.37. The first kappa shape index (κ1) is 25.0. The lowest BCUT2D eigenvalue weighted by molar-refractivity contribution is 0.0442. The van der Waals surface area contributed by atoms with Crippen LogP contribution in [0.15, 0.2) is 42.9 Å². The number of benzene rings is 1. The molecule has 3 aromatic rings. The molecule has 180 valence electrons. The maximum absolute atomic E-state index is 13.4. The number of hydrogen-bond acceptors (Lipinski definition) is 9. The van der Waals surface area contributed by atoms with E-state index in [9.17, 15) is 9.90 Å². The molecule has 1 aliphatic rings. The minimum absolute atomic E-state index is 0.0735. The number of rotatable bonds is 9. The summed E-state index contributed by atoms with van der Waals surface area (Å²) in [7, 11) is 1.83. The molecule has 11 heteroatoms. The molecular weight excluding hydrogens is 497 g/mol. The summed E-state index contributed by atoms with van der Waals surface area (Å²) in [6, 6.07) is 8.99. The molecule has 5 N–H and O–H groups in total. The lowest BCUT2D eigenvalue weighted by atomic mass is 10.0. The number of thiophene rings is 1. The standard InChI is InChI=1S/C23H25Cl2N5O3S/c1-27-20(12-3-2-4-14(24)5-12)16-8-19(34-22(16)25)21(32)17-9-28-11-29-23(17)30-15-6-13(10-33-26)18(31)7-15/h2-5,8-9,11,13,15,18,20,27,31H,6-7,10,26H2,1H3,(H,28,29,30)/t13-,15-,18+,20?/m1/s1. The zero-order valence-corrected chi connectivity index (χ0v) is 20.7. The van der Waals surface area contributed by atoms with Gasteiger partial charge in [0.2, 0.25) is 5.78 Å². The SMILES string of the molecule is CNC(c1cccc(Cl)c1)c1cc(C(=O)c2cncnc2N[C@@H]2C[C@H](CON)[C@@H](O)C2)sc1Cl. The van der Waals surface area contributed by atoms with Crippen molar-refractivity contribution >= 4 is 46.1 Å². The maximum atomic E-state index is 13.4.